The van der Waals surface area contributed by atoms with Crippen molar-refractivity contribution < 1.29 is 27.7 Å². The van der Waals surface area contributed by atoms with Gasteiger partial charge >= 0.3 is 13.7 Å². The molecule has 0 unspecified atom stereocenters. The Hall–Kier alpha value is -1.74. The summed E-state index contributed by atoms with van der Waals surface area (Å²) in [5, 5.41) is 10.9. The second kappa shape index (κ2) is 5.47. The molecule has 6 nitrogen and oxygen atoms in total. The summed E-state index contributed by atoms with van der Waals surface area (Å²) in [5.74, 6) is -0.311. The Bertz CT molecular complexity index is 578. The third-order valence-corrected chi connectivity index (χ3v) is 3.88. The maximum atomic E-state index is 12.4. The van der Waals surface area contributed by atoms with Crippen molar-refractivity contribution in [2.24, 2.45) is 0 Å². The minimum atomic E-state index is -3.08. The molecule has 1 fully saturated rings. The fourth-order valence-electron chi connectivity index (χ4n) is 2.00. The largest absolute Gasteiger partial charge is 0.495 e. The predicted molar refractivity (Wildman–Crippen MR) is 75.4 cm³/mol. The number of nitro benzene ring substituents is 1. The summed E-state index contributed by atoms with van der Waals surface area (Å²) in [6, 6.07) is 3.41. The van der Waals surface area contributed by atoms with Crippen LogP contribution in [0.3, 0.4) is 0 Å². The van der Waals surface area contributed by atoms with Gasteiger partial charge in [0.2, 0.25) is 0 Å². The van der Waals surface area contributed by atoms with E-state index in [4.69, 9.17) is 9.31 Å². The minimum Gasteiger partial charge on any atom is -0.435 e. The number of ether oxygens (including phenoxy) is 1. The zero-order valence-electron chi connectivity index (χ0n) is 12.6. The highest BCUT2D eigenvalue weighted by Gasteiger charge is 2.52. The van der Waals surface area contributed by atoms with E-state index in [1.807, 2.05) is 27.7 Å². The van der Waals surface area contributed by atoms with E-state index in [0.29, 0.717) is 0 Å². The Morgan fingerprint density at radius 2 is 1.73 bits per heavy atom. The van der Waals surface area contributed by atoms with Gasteiger partial charge in [-0.3, -0.25) is 10.1 Å². The second-order valence-electron chi connectivity index (χ2n) is 5.98. The van der Waals surface area contributed by atoms with Crippen LogP contribution in [0.2, 0.25) is 0 Å². The van der Waals surface area contributed by atoms with Gasteiger partial charge in [0.05, 0.1) is 22.2 Å². The van der Waals surface area contributed by atoms with Gasteiger partial charge in [-0.25, -0.2) is 0 Å². The van der Waals surface area contributed by atoms with E-state index in [9.17, 15) is 18.9 Å². The molecule has 0 aromatic heterocycles. The van der Waals surface area contributed by atoms with Gasteiger partial charge in [0.25, 0.3) is 5.69 Å². The summed E-state index contributed by atoms with van der Waals surface area (Å²) in [6.07, 6.45) is 0. The highest BCUT2D eigenvalue weighted by atomic mass is 19.3. The predicted octanol–water partition coefficient (Wildman–Crippen LogP) is 2.50. The average molecular weight is 315 g/mol. The van der Waals surface area contributed by atoms with Gasteiger partial charge in [0, 0.05) is 6.07 Å². The maximum Gasteiger partial charge on any atom is 0.495 e. The lowest BCUT2D eigenvalue weighted by Crippen LogP contribution is -2.41. The molecule has 1 aromatic carbocycles. The van der Waals surface area contributed by atoms with Gasteiger partial charge in [-0.1, -0.05) is 0 Å². The topological polar surface area (TPSA) is 70.8 Å². The molecule has 0 spiro atoms. The summed E-state index contributed by atoms with van der Waals surface area (Å²) in [6.45, 7) is 4.21. The quantitative estimate of drug-likeness (QED) is 0.485. The number of benzene rings is 1. The molecule has 0 N–H and O–H groups in total. The van der Waals surface area contributed by atoms with Crippen molar-refractivity contribution in [1.29, 1.82) is 0 Å². The van der Waals surface area contributed by atoms with Crippen LogP contribution in [0.5, 0.6) is 5.75 Å². The number of alkyl halides is 2. The molecule has 0 atom stereocenters. The number of hydrogen-bond acceptors (Lipinski definition) is 5. The molecule has 1 aromatic rings. The number of hydrogen-bond donors (Lipinski definition) is 0. The SMILES string of the molecule is CC1(C)OB(c2cc(OC(F)F)cc([N+](=O)[O-])c2)OC1(C)C. The third-order valence-electron chi connectivity index (χ3n) is 3.88. The fourth-order valence-corrected chi connectivity index (χ4v) is 2.00. The molecule has 2 rings (SSSR count). The summed E-state index contributed by atoms with van der Waals surface area (Å²) in [4.78, 5) is 10.3. The van der Waals surface area contributed by atoms with Crippen molar-refractivity contribution in [2.75, 3.05) is 0 Å². The molecule has 22 heavy (non-hydrogen) atoms. The van der Waals surface area contributed by atoms with Crippen LogP contribution < -0.4 is 10.2 Å². The Labute approximate surface area is 126 Å². The summed E-state index contributed by atoms with van der Waals surface area (Å²) in [5.41, 5.74) is -1.41. The van der Waals surface area contributed by atoms with E-state index in [-0.39, 0.29) is 16.9 Å². The molecule has 1 saturated heterocycles. The van der Waals surface area contributed by atoms with Crippen LogP contribution in [-0.2, 0) is 9.31 Å². The van der Waals surface area contributed by atoms with Gasteiger partial charge in [-0.15, -0.1) is 0 Å². The normalized spacial score (nSPS) is 19.5. The number of halogens is 2. The van der Waals surface area contributed by atoms with Crippen LogP contribution in [0.4, 0.5) is 14.5 Å². The first kappa shape index (κ1) is 16.6. The van der Waals surface area contributed by atoms with E-state index >= 15 is 0 Å². The van der Waals surface area contributed by atoms with Crippen LogP contribution in [-0.4, -0.2) is 29.9 Å². The molecule has 1 aliphatic rings. The number of nitrogens with zero attached hydrogens (tertiary/aromatic N) is 1. The molecule has 9 heteroatoms. The molecule has 120 valence electrons. The molecule has 1 aliphatic heterocycles. The zero-order chi connectivity index (χ0) is 16.7. The van der Waals surface area contributed by atoms with Crippen LogP contribution in [0.25, 0.3) is 0 Å². The second-order valence-corrected chi connectivity index (χ2v) is 5.98. The molecule has 0 aliphatic carbocycles. The first-order valence-electron chi connectivity index (χ1n) is 6.62. The Balaban J connectivity index is 2.39. The van der Waals surface area contributed by atoms with E-state index in [0.717, 1.165) is 6.07 Å². The Morgan fingerprint density at radius 1 is 1.18 bits per heavy atom. The molecular weight excluding hydrogens is 299 g/mol. The fraction of sp³-hybridized carbons (Fsp3) is 0.538. The van der Waals surface area contributed by atoms with Crippen molar-refractivity contribution in [1.82, 2.24) is 0 Å². The van der Waals surface area contributed by atoms with Crippen molar-refractivity contribution >= 4 is 18.3 Å². The van der Waals surface area contributed by atoms with E-state index in [2.05, 4.69) is 4.74 Å². The average Bonchev–Trinajstić information content (AvgIpc) is 2.57. The molecule has 0 amide bonds. The van der Waals surface area contributed by atoms with E-state index in [1.54, 1.807) is 0 Å². The molecule has 0 radical (unpaired) electrons. The summed E-state index contributed by atoms with van der Waals surface area (Å²) in [7, 11) is -0.898. The van der Waals surface area contributed by atoms with Crippen molar-refractivity contribution in [3.63, 3.8) is 0 Å². The zero-order valence-corrected chi connectivity index (χ0v) is 12.6. The van der Waals surface area contributed by atoms with Gasteiger partial charge in [-0.05, 0) is 39.2 Å². The summed E-state index contributed by atoms with van der Waals surface area (Å²) >= 11 is 0. The monoisotopic (exact) mass is 315 g/mol. The standard InChI is InChI=1S/C13H16BF2NO5/c1-12(2)13(3,4)22-14(21-12)8-5-9(17(18)19)7-10(6-8)20-11(15)16/h5-7,11H,1-4H3. The Kier molecular flexibility index (Phi) is 4.14. The lowest BCUT2D eigenvalue weighted by molar-refractivity contribution is -0.384. The van der Waals surface area contributed by atoms with Crippen LogP contribution in [0, 0.1) is 10.1 Å². The first-order chi connectivity index (χ1) is 10.0. The van der Waals surface area contributed by atoms with Crippen molar-refractivity contribution in [3.05, 3.63) is 28.3 Å². The molecule has 1 heterocycles. The molecule has 0 saturated carbocycles. The smallest absolute Gasteiger partial charge is 0.435 e. The molecule has 0 bridgehead atoms. The third kappa shape index (κ3) is 3.20. The minimum absolute atomic E-state index is 0.253. The highest BCUT2D eigenvalue weighted by Crippen LogP contribution is 2.37. The highest BCUT2D eigenvalue weighted by molar-refractivity contribution is 6.62. The summed E-state index contributed by atoms with van der Waals surface area (Å²) < 4.78 is 40.5. The van der Waals surface area contributed by atoms with Crippen LogP contribution >= 0.6 is 0 Å². The molecular formula is C13H16BF2NO5. The van der Waals surface area contributed by atoms with Gasteiger partial charge in [0.15, 0.2) is 0 Å². The Morgan fingerprint density at radius 3 is 2.18 bits per heavy atom. The lowest BCUT2D eigenvalue weighted by atomic mass is 9.79. The maximum absolute atomic E-state index is 12.4. The van der Waals surface area contributed by atoms with Crippen molar-refractivity contribution in [2.45, 2.75) is 45.5 Å². The van der Waals surface area contributed by atoms with Crippen LogP contribution in [0.1, 0.15) is 27.7 Å². The number of nitro groups is 1. The van der Waals surface area contributed by atoms with Crippen molar-refractivity contribution in [3.8, 4) is 5.75 Å². The van der Waals surface area contributed by atoms with E-state index < -0.39 is 29.9 Å². The lowest BCUT2D eigenvalue weighted by Gasteiger charge is -2.32. The van der Waals surface area contributed by atoms with Gasteiger partial charge < -0.3 is 14.0 Å². The van der Waals surface area contributed by atoms with Crippen LogP contribution in [0.15, 0.2) is 18.2 Å². The number of non-ortho nitro benzene ring substituents is 1. The first-order valence-corrected chi connectivity index (χ1v) is 6.62. The van der Waals surface area contributed by atoms with Gasteiger partial charge in [0.1, 0.15) is 5.75 Å². The van der Waals surface area contributed by atoms with E-state index in [1.165, 1.54) is 12.1 Å². The van der Waals surface area contributed by atoms with Gasteiger partial charge in [-0.2, -0.15) is 8.78 Å². The number of rotatable bonds is 4.